The number of aromatic carboxylic acids is 1. The fourth-order valence-electron chi connectivity index (χ4n) is 3.37. The van der Waals surface area contributed by atoms with Gasteiger partial charge in [0.25, 0.3) is 11.8 Å². The molecule has 1 fully saturated rings. The highest BCUT2D eigenvalue weighted by Crippen LogP contribution is 2.37. The number of halogens is 1. The summed E-state index contributed by atoms with van der Waals surface area (Å²) in [7, 11) is 0. The van der Waals surface area contributed by atoms with E-state index in [-0.39, 0.29) is 34.7 Å². The zero-order chi connectivity index (χ0) is 25.1. The minimum Gasteiger partial charge on any atom is -0.482 e. The number of hydrogen-bond donors (Lipinski definition) is 2. The standard InChI is InChI=1S/C24H16BrN3O7/c25-17-10-16(11-19-22(29)26-27(23(19)30)18-4-2-1-3-5-18)21(20(12-17)28(33)34)35-13-14-6-8-15(9-7-14)24(31)32/h1-12H,13H2,(H,26,29)(H,31,32)/b19-11-. The van der Waals surface area contributed by atoms with Crippen molar-refractivity contribution in [2.45, 2.75) is 6.61 Å². The molecule has 4 rings (SSSR count). The fourth-order valence-corrected chi connectivity index (χ4v) is 3.83. The van der Waals surface area contributed by atoms with Gasteiger partial charge in [0.05, 0.1) is 16.2 Å². The normalized spacial score (nSPS) is 14.2. The average Bonchev–Trinajstić information content (AvgIpc) is 3.12. The summed E-state index contributed by atoms with van der Waals surface area (Å²) in [5.74, 6) is -2.53. The van der Waals surface area contributed by atoms with Gasteiger partial charge in [-0.2, -0.15) is 0 Å². The van der Waals surface area contributed by atoms with Gasteiger partial charge in [-0.15, -0.1) is 0 Å². The smallest absolute Gasteiger partial charge is 0.335 e. The van der Waals surface area contributed by atoms with E-state index >= 15 is 0 Å². The third-order valence-electron chi connectivity index (χ3n) is 5.05. The molecule has 3 aromatic rings. The summed E-state index contributed by atoms with van der Waals surface area (Å²) >= 11 is 3.22. The maximum Gasteiger partial charge on any atom is 0.335 e. The molecule has 35 heavy (non-hydrogen) atoms. The van der Waals surface area contributed by atoms with Crippen molar-refractivity contribution in [1.29, 1.82) is 0 Å². The van der Waals surface area contributed by atoms with Crippen LogP contribution in [0.2, 0.25) is 0 Å². The molecular weight excluding hydrogens is 522 g/mol. The molecule has 11 heteroatoms. The Labute approximate surface area is 206 Å². The summed E-state index contributed by atoms with van der Waals surface area (Å²) < 4.78 is 6.10. The molecule has 1 aliphatic heterocycles. The van der Waals surface area contributed by atoms with Crippen molar-refractivity contribution >= 4 is 51.2 Å². The van der Waals surface area contributed by atoms with Gasteiger partial charge in [0.1, 0.15) is 12.2 Å². The van der Waals surface area contributed by atoms with Crippen LogP contribution in [0.15, 0.2) is 76.8 Å². The van der Waals surface area contributed by atoms with E-state index in [9.17, 15) is 24.5 Å². The van der Waals surface area contributed by atoms with Crippen LogP contribution in [0.25, 0.3) is 6.08 Å². The fraction of sp³-hybridized carbons (Fsp3) is 0.0417. The molecule has 3 aromatic carbocycles. The zero-order valence-corrected chi connectivity index (χ0v) is 19.4. The molecule has 1 aliphatic rings. The lowest BCUT2D eigenvalue weighted by Gasteiger charge is -2.14. The van der Waals surface area contributed by atoms with Crippen molar-refractivity contribution in [2.24, 2.45) is 0 Å². The summed E-state index contributed by atoms with van der Waals surface area (Å²) in [4.78, 5) is 47.6. The Hall–Kier alpha value is -4.51. The molecule has 0 bridgehead atoms. The van der Waals surface area contributed by atoms with Gasteiger partial charge in [0.2, 0.25) is 5.75 Å². The molecular formula is C24H16BrN3O7. The number of nitro benzene ring substituents is 1. The second-order valence-corrected chi connectivity index (χ2v) is 8.28. The van der Waals surface area contributed by atoms with Crippen LogP contribution in [0.1, 0.15) is 21.5 Å². The molecule has 0 saturated carbocycles. The highest BCUT2D eigenvalue weighted by molar-refractivity contribution is 9.10. The van der Waals surface area contributed by atoms with Crippen LogP contribution in [0.4, 0.5) is 11.4 Å². The van der Waals surface area contributed by atoms with Crippen molar-refractivity contribution in [3.05, 3.63) is 104 Å². The molecule has 0 atom stereocenters. The highest BCUT2D eigenvalue weighted by Gasteiger charge is 2.35. The first-order valence-electron chi connectivity index (χ1n) is 10.1. The van der Waals surface area contributed by atoms with Crippen LogP contribution in [-0.4, -0.2) is 27.8 Å². The van der Waals surface area contributed by atoms with Gasteiger partial charge in [0, 0.05) is 16.1 Å². The highest BCUT2D eigenvalue weighted by atomic mass is 79.9. The van der Waals surface area contributed by atoms with E-state index in [1.165, 1.54) is 42.5 Å². The Kier molecular flexibility index (Phi) is 6.60. The average molecular weight is 538 g/mol. The second kappa shape index (κ2) is 9.77. The van der Waals surface area contributed by atoms with Gasteiger partial charge in [-0.25, -0.2) is 9.80 Å². The number of carbonyl (C=O) groups is 3. The second-order valence-electron chi connectivity index (χ2n) is 7.37. The maximum atomic E-state index is 12.9. The minimum atomic E-state index is -1.08. The van der Waals surface area contributed by atoms with E-state index in [1.807, 2.05) is 0 Å². The summed E-state index contributed by atoms with van der Waals surface area (Å²) in [5.41, 5.74) is 3.12. The number of amides is 2. The van der Waals surface area contributed by atoms with Gasteiger partial charge in [-0.1, -0.05) is 46.3 Å². The van der Waals surface area contributed by atoms with Crippen LogP contribution in [0.3, 0.4) is 0 Å². The van der Waals surface area contributed by atoms with Gasteiger partial charge in [-0.3, -0.25) is 25.1 Å². The van der Waals surface area contributed by atoms with E-state index in [1.54, 1.807) is 30.3 Å². The van der Waals surface area contributed by atoms with Gasteiger partial charge in [0.15, 0.2) is 0 Å². The molecule has 2 amide bonds. The summed E-state index contributed by atoms with van der Waals surface area (Å²) in [6.07, 6.45) is 1.24. The number of ether oxygens (including phenoxy) is 1. The van der Waals surface area contributed by atoms with E-state index in [0.29, 0.717) is 15.7 Å². The molecule has 0 aliphatic carbocycles. The van der Waals surface area contributed by atoms with Crippen molar-refractivity contribution in [3.63, 3.8) is 0 Å². The SMILES string of the molecule is O=C1NN(c2ccccc2)C(=O)/C1=C\c1cc(Br)cc([N+](=O)[O-])c1OCc1ccc(C(=O)O)cc1. The first-order valence-corrected chi connectivity index (χ1v) is 10.9. The number of nitrogens with one attached hydrogen (secondary N) is 1. The number of rotatable bonds is 7. The zero-order valence-electron chi connectivity index (χ0n) is 17.8. The molecule has 0 radical (unpaired) electrons. The number of benzene rings is 3. The number of carbonyl (C=O) groups excluding carboxylic acids is 2. The molecule has 0 unspecified atom stereocenters. The van der Waals surface area contributed by atoms with Crippen LogP contribution in [0.5, 0.6) is 5.75 Å². The van der Waals surface area contributed by atoms with Crippen molar-refractivity contribution < 1.29 is 29.2 Å². The lowest BCUT2D eigenvalue weighted by molar-refractivity contribution is -0.386. The van der Waals surface area contributed by atoms with Crippen LogP contribution in [-0.2, 0) is 16.2 Å². The Morgan fingerprint density at radius 3 is 2.43 bits per heavy atom. The van der Waals surface area contributed by atoms with Crippen molar-refractivity contribution in [2.75, 3.05) is 5.01 Å². The molecule has 0 aromatic heterocycles. The predicted molar refractivity (Wildman–Crippen MR) is 129 cm³/mol. The number of anilines is 1. The number of carboxylic acids is 1. The van der Waals surface area contributed by atoms with E-state index < -0.39 is 22.7 Å². The van der Waals surface area contributed by atoms with E-state index in [0.717, 1.165) is 5.01 Å². The molecule has 176 valence electrons. The third kappa shape index (κ3) is 5.04. The summed E-state index contributed by atoms with van der Waals surface area (Å²) in [6, 6.07) is 17.1. The van der Waals surface area contributed by atoms with Crippen molar-refractivity contribution in [3.8, 4) is 5.75 Å². The molecule has 10 nitrogen and oxygen atoms in total. The lowest BCUT2D eigenvalue weighted by Crippen LogP contribution is -2.35. The molecule has 2 N–H and O–H groups in total. The first kappa shape index (κ1) is 23.6. The van der Waals surface area contributed by atoms with Gasteiger partial charge in [-0.05, 0) is 42.0 Å². The number of carboxylic acid groups (broad SMARTS) is 1. The minimum absolute atomic E-state index is 0.0857. The van der Waals surface area contributed by atoms with Crippen LogP contribution < -0.4 is 15.2 Å². The quantitative estimate of drug-likeness (QED) is 0.200. The number of nitrogens with zero attached hydrogens (tertiary/aromatic N) is 2. The third-order valence-corrected chi connectivity index (χ3v) is 5.51. The van der Waals surface area contributed by atoms with Gasteiger partial charge >= 0.3 is 11.7 Å². The largest absolute Gasteiger partial charge is 0.482 e. The summed E-state index contributed by atoms with van der Waals surface area (Å²) in [6.45, 7) is -0.116. The Morgan fingerprint density at radius 2 is 1.80 bits per heavy atom. The van der Waals surface area contributed by atoms with Crippen molar-refractivity contribution in [1.82, 2.24) is 5.43 Å². The summed E-state index contributed by atoms with van der Waals surface area (Å²) in [5, 5.41) is 21.8. The number of nitro groups is 1. The number of para-hydroxylation sites is 1. The Morgan fingerprint density at radius 1 is 1.11 bits per heavy atom. The van der Waals surface area contributed by atoms with E-state index in [4.69, 9.17) is 9.84 Å². The lowest BCUT2D eigenvalue weighted by atomic mass is 10.1. The monoisotopic (exact) mass is 537 g/mol. The maximum absolute atomic E-state index is 12.9. The van der Waals surface area contributed by atoms with Gasteiger partial charge < -0.3 is 9.84 Å². The Balaban J connectivity index is 1.70. The predicted octanol–water partition coefficient (Wildman–Crippen LogP) is 4.10. The first-order chi connectivity index (χ1) is 16.7. The number of hydrazine groups is 1. The molecule has 1 heterocycles. The van der Waals surface area contributed by atoms with E-state index in [2.05, 4.69) is 21.4 Å². The molecule has 1 saturated heterocycles. The topological polar surface area (TPSA) is 139 Å². The van der Waals surface area contributed by atoms with Crippen LogP contribution >= 0.6 is 15.9 Å². The Bertz CT molecular complexity index is 1370. The molecule has 0 spiro atoms. The van der Waals surface area contributed by atoms with Crippen LogP contribution in [0, 0.1) is 10.1 Å². The number of hydrogen-bond acceptors (Lipinski definition) is 6.